The van der Waals surface area contributed by atoms with Crippen molar-refractivity contribution in [2.45, 2.75) is 24.5 Å². The average molecular weight is 301 g/mol. The van der Waals surface area contributed by atoms with Crippen molar-refractivity contribution in [2.75, 3.05) is 0 Å². The van der Waals surface area contributed by atoms with Gasteiger partial charge in [-0.15, -0.1) is 0 Å². The van der Waals surface area contributed by atoms with E-state index in [4.69, 9.17) is 8.83 Å². The molecular weight excluding hydrogens is 286 g/mol. The number of hydrogen-bond donors (Lipinski definition) is 0. The van der Waals surface area contributed by atoms with Gasteiger partial charge in [-0.2, -0.15) is 0 Å². The van der Waals surface area contributed by atoms with Crippen LogP contribution in [0.1, 0.15) is 17.2 Å². The fourth-order valence-electron chi connectivity index (χ4n) is 2.08. The molecule has 3 rings (SSSR count). The summed E-state index contributed by atoms with van der Waals surface area (Å²) >= 11 is 0. The Morgan fingerprint density at radius 2 is 1.86 bits per heavy atom. The number of nitrogens with zero attached hydrogens (tertiary/aromatic N) is 1. The van der Waals surface area contributed by atoms with Gasteiger partial charge < -0.3 is 8.83 Å². The van der Waals surface area contributed by atoms with Gasteiger partial charge in [-0.05, 0) is 32.0 Å². The van der Waals surface area contributed by atoms with Crippen LogP contribution in [-0.4, -0.2) is 9.19 Å². The van der Waals surface area contributed by atoms with Crippen molar-refractivity contribution < 1.29 is 13.0 Å². The van der Waals surface area contributed by atoms with E-state index in [1.54, 1.807) is 19.3 Å². The number of furan rings is 1. The molecule has 21 heavy (non-hydrogen) atoms. The molecule has 0 N–H and O–H groups in total. The Bertz CT molecular complexity index is 774. The quantitative estimate of drug-likeness (QED) is 0.734. The maximum atomic E-state index is 12.4. The summed E-state index contributed by atoms with van der Waals surface area (Å²) in [5.74, 6) is 2.26. The van der Waals surface area contributed by atoms with Gasteiger partial charge in [-0.1, -0.05) is 18.2 Å². The first kappa shape index (κ1) is 13.8. The third-order valence-electron chi connectivity index (χ3n) is 3.24. The van der Waals surface area contributed by atoms with Crippen molar-refractivity contribution >= 4 is 10.8 Å². The smallest absolute Gasteiger partial charge is 0.226 e. The SMILES string of the molecule is Cc1occc1[S@@](=O)Cc1nc(-c2ccccc2)oc1C. The lowest BCUT2D eigenvalue weighted by atomic mass is 10.2. The van der Waals surface area contributed by atoms with Crippen molar-refractivity contribution in [3.8, 4) is 11.5 Å². The predicted octanol–water partition coefficient (Wildman–Crippen LogP) is 3.86. The number of aromatic nitrogens is 1. The highest BCUT2D eigenvalue weighted by molar-refractivity contribution is 7.84. The fourth-order valence-corrected chi connectivity index (χ4v) is 3.33. The Balaban J connectivity index is 1.86. The molecule has 108 valence electrons. The van der Waals surface area contributed by atoms with E-state index < -0.39 is 10.8 Å². The van der Waals surface area contributed by atoms with E-state index in [1.165, 1.54) is 0 Å². The lowest BCUT2D eigenvalue weighted by Crippen LogP contribution is -1.98. The molecule has 2 aromatic heterocycles. The lowest BCUT2D eigenvalue weighted by Gasteiger charge is -1.98. The van der Waals surface area contributed by atoms with Gasteiger partial charge in [0, 0.05) is 5.56 Å². The highest BCUT2D eigenvalue weighted by Gasteiger charge is 2.17. The fraction of sp³-hybridized carbons (Fsp3) is 0.188. The van der Waals surface area contributed by atoms with Crippen LogP contribution < -0.4 is 0 Å². The van der Waals surface area contributed by atoms with Crippen molar-refractivity contribution in [2.24, 2.45) is 0 Å². The van der Waals surface area contributed by atoms with E-state index in [-0.39, 0.29) is 0 Å². The average Bonchev–Trinajstić information content (AvgIpc) is 3.07. The number of rotatable bonds is 4. The maximum absolute atomic E-state index is 12.4. The molecule has 1 atom stereocenters. The van der Waals surface area contributed by atoms with Crippen molar-refractivity contribution in [3.63, 3.8) is 0 Å². The Morgan fingerprint density at radius 3 is 2.52 bits per heavy atom. The first-order valence-corrected chi connectivity index (χ1v) is 7.91. The summed E-state index contributed by atoms with van der Waals surface area (Å²) < 4.78 is 23.2. The molecule has 0 unspecified atom stereocenters. The Hall–Kier alpha value is -2.14. The number of oxazole rings is 1. The molecule has 0 saturated carbocycles. The zero-order valence-electron chi connectivity index (χ0n) is 11.8. The van der Waals surface area contributed by atoms with Gasteiger partial charge in [0.15, 0.2) is 0 Å². The summed E-state index contributed by atoms with van der Waals surface area (Å²) in [6, 6.07) is 11.4. The van der Waals surface area contributed by atoms with Gasteiger partial charge in [0.1, 0.15) is 11.5 Å². The Kier molecular flexibility index (Phi) is 3.75. The summed E-state index contributed by atoms with van der Waals surface area (Å²) in [6.45, 7) is 3.65. The normalized spacial score (nSPS) is 12.5. The Labute approximate surface area is 125 Å². The van der Waals surface area contributed by atoms with Gasteiger partial charge >= 0.3 is 0 Å². The van der Waals surface area contributed by atoms with Crippen LogP contribution in [0.3, 0.4) is 0 Å². The molecule has 3 aromatic rings. The minimum atomic E-state index is -1.18. The highest BCUT2D eigenvalue weighted by Crippen LogP contribution is 2.24. The summed E-state index contributed by atoms with van der Waals surface area (Å²) in [5.41, 5.74) is 1.63. The van der Waals surface area contributed by atoms with E-state index in [0.717, 1.165) is 5.56 Å². The van der Waals surface area contributed by atoms with Crippen LogP contribution in [-0.2, 0) is 16.6 Å². The van der Waals surface area contributed by atoms with Gasteiger partial charge in [0.25, 0.3) is 0 Å². The van der Waals surface area contributed by atoms with Gasteiger partial charge in [0.05, 0.1) is 33.4 Å². The Morgan fingerprint density at radius 1 is 1.10 bits per heavy atom. The van der Waals surface area contributed by atoms with Crippen LogP contribution in [0.25, 0.3) is 11.5 Å². The van der Waals surface area contributed by atoms with Crippen LogP contribution in [0.2, 0.25) is 0 Å². The van der Waals surface area contributed by atoms with Crippen LogP contribution >= 0.6 is 0 Å². The molecule has 2 heterocycles. The molecule has 0 fully saturated rings. The molecule has 4 nitrogen and oxygen atoms in total. The summed E-state index contributed by atoms with van der Waals surface area (Å²) in [6.07, 6.45) is 1.55. The monoisotopic (exact) mass is 301 g/mol. The van der Waals surface area contributed by atoms with Crippen LogP contribution in [0, 0.1) is 13.8 Å². The van der Waals surface area contributed by atoms with E-state index in [1.807, 2.05) is 37.3 Å². The largest absolute Gasteiger partial charge is 0.468 e. The molecular formula is C16H15NO3S. The first-order valence-electron chi connectivity index (χ1n) is 6.59. The second-order valence-corrected chi connectivity index (χ2v) is 6.14. The van der Waals surface area contributed by atoms with Crippen molar-refractivity contribution in [1.29, 1.82) is 0 Å². The molecule has 5 heteroatoms. The van der Waals surface area contributed by atoms with Gasteiger partial charge in [-0.25, -0.2) is 4.98 Å². The molecule has 1 aromatic carbocycles. The third kappa shape index (κ3) is 2.83. The third-order valence-corrected chi connectivity index (χ3v) is 4.69. The van der Waals surface area contributed by atoms with Gasteiger partial charge in [0.2, 0.25) is 5.89 Å². The summed E-state index contributed by atoms with van der Waals surface area (Å²) in [7, 11) is -1.18. The minimum Gasteiger partial charge on any atom is -0.468 e. The molecule has 0 aliphatic rings. The number of aryl methyl sites for hydroxylation is 2. The van der Waals surface area contributed by atoms with Crippen LogP contribution in [0.5, 0.6) is 0 Å². The predicted molar refractivity (Wildman–Crippen MR) is 80.2 cm³/mol. The van der Waals surface area contributed by atoms with Crippen molar-refractivity contribution in [1.82, 2.24) is 4.98 Å². The van der Waals surface area contributed by atoms with E-state index >= 15 is 0 Å². The topological polar surface area (TPSA) is 56.2 Å². The molecule has 0 spiro atoms. The van der Waals surface area contributed by atoms with Crippen LogP contribution in [0.15, 0.2) is 56.4 Å². The molecule has 0 amide bonds. The molecule has 0 radical (unpaired) electrons. The standard InChI is InChI=1S/C16H15NO3S/c1-11-14(10-21(18)15-8-9-19-12(15)2)17-16(20-11)13-6-4-3-5-7-13/h3-9H,10H2,1-2H3/t21-/m0/s1. The zero-order chi connectivity index (χ0) is 14.8. The lowest BCUT2D eigenvalue weighted by molar-refractivity contribution is 0.525. The summed E-state index contributed by atoms with van der Waals surface area (Å²) in [4.78, 5) is 5.18. The minimum absolute atomic E-state index is 0.322. The first-order chi connectivity index (χ1) is 10.1. The number of hydrogen-bond acceptors (Lipinski definition) is 4. The van der Waals surface area contributed by atoms with Crippen LogP contribution in [0.4, 0.5) is 0 Å². The second kappa shape index (κ2) is 5.69. The molecule has 0 saturated heterocycles. The molecule has 0 aliphatic heterocycles. The second-order valence-electron chi connectivity index (χ2n) is 4.72. The number of benzene rings is 1. The van der Waals surface area contributed by atoms with Gasteiger partial charge in [-0.3, -0.25) is 4.21 Å². The maximum Gasteiger partial charge on any atom is 0.226 e. The summed E-state index contributed by atoms with van der Waals surface area (Å²) in [5, 5.41) is 0. The zero-order valence-corrected chi connectivity index (χ0v) is 12.6. The highest BCUT2D eigenvalue weighted by atomic mass is 32.2. The molecule has 0 aliphatic carbocycles. The van der Waals surface area contributed by atoms with E-state index in [0.29, 0.717) is 33.8 Å². The van der Waals surface area contributed by atoms with Crippen molar-refractivity contribution in [3.05, 3.63) is 59.9 Å². The van der Waals surface area contributed by atoms with E-state index in [9.17, 15) is 4.21 Å². The molecule has 0 bridgehead atoms. The van der Waals surface area contributed by atoms with E-state index in [2.05, 4.69) is 4.98 Å².